The largest absolute Gasteiger partial charge is 0.385 e. The number of hydrogen-bond donors (Lipinski definition) is 1. The zero-order valence-electron chi connectivity index (χ0n) is 10.4. The van der Waals surface area contributed by atoms with Crippen LogP contribution in [0.1, 0.15) is 24.5 Å². The highest BCUT2D eigenvalue weighted by Crippen LogP contribution is 2.26. The topological polar surface area (TPSA) is 20.2 Å². The number of aliphatic hydroxyl groups is 1. The predicted octanol–water partition coefficient (Wildman–Crippen LogP) is 3.67. The van der Waals surface area contributed by atoms with Crippen molar-refractivity contribution in [1.82, 2.24) is 0 Å². The summed E-state index contributed by atoms with van der Waals surface area (Å²) in [5, 5.41) is 10.4. The number of hydrogen-bond acceptors (Lipinski definition) is 1. The molecule has 94 valence electrons. The quantitative estimate of drug-likeness (QED) is 0.870. The molecule has 2 rings (SSSR count). The van der Waals surface area contributed by atoms with Crippen molar-refractivity contribution in [2.45, 2.75) is 25.4 Å². The van der Waals surface area contributed by atoms with Gasteiger partial charge in [0, 0.05) is 0 Å². The summed E-state index contributed by atoms with van der Waals surface area (Å²) in [6, 6.07) is 16.1. The van der Waals surface area contributed by atoms with Gasteiger partial charge < -0.3 is 5.11 Å². The van der Waals surface area contributed by atoms with Crippen LogP contribution in [0.15, 0.2) is 54.6 Å². The zero-order chi connectivity index (χ0) is 13.0. The van der Waals surface area contributed by atoms with E-state index in [1.165, 1.54) is 17.7 Å². The van der Waals surface area contributed by atoms with Gasteiger partial charge in [0.1, 0.15) is 5.82 Å². The Morgan fingerprint density at radius 1 is 1.06 bits per heavy atom. The minimum Gasteiger partial charge on any atom is -0.385 e. The molecule has 0 aliphatic rings. The summed E-state index contributed by atoms with van der Waals surface area (Å²) in [5.41, 5.74) is 0.797. The van der Waals surface area contributed by atoms with Gasteiger partial charge in [-0.25, -0.2) is 4.39 Å². The summed E-state index contributed by atoms with van der Waals surface area (Å²) in [6.07, 6.45) is 1.34. The van der Waals surface area contributed by atoms with Crippen molar-refractivity contribution in [2.75, 3.05) is 0 Å². The van der Waals surface area contributed by atoms with Gasteiger partial charge in [0.2, 0.25) is 0 Å². The van der Waals surface area contributed by atoms with Gasteiger partial charge in [-0.3, -0.25) is 0 Å². The van der Waals surface area contributed by atoms with Crippen LogP contribution in [0.4, 0.5) is 4.39 Å². The summed E-state index contributed by atoms with van der Waals surface area (Å²) < 4.78 is 13.1. The van der Waals surface area contributed by atoms with Gasteiger partial charge in [0.25, 0.3) is 0 Å². The molecule has 0 amide bonds. The lowest BCUT2D eigenvalue weighted by atomic mass is 9.89. The van der Waals surface area contributed by atoms with E-state index in [1.54, 1.807) is 19.1 Å². The third kappa shape index (κ3) is 3.17. The third-order valence-corrected chi connectivity index (χ3v) is 3.19. The molecule has 2 aromatic rings. The lowest BCUT2D eigenvalue weighted by Crippen LogP contribution is -2.22. The average Bonchev–Trinajstić information content (AvgIpc) is 2.38. The Bertz CT molecular complexity index is 506. The van der Waals surface area contributed by atoms with E-state index in [0.29, 0.717) is 12.0 Å². The third-order valence-electron chi connectivity index (χ3n) is 3.19. The maximum Gasteiger partial charge on any atom is 0.123 e. The molecule has 0 saturated carbocycles. The standard InChI is InChI=1S/C16H17FO/c1-16(18,14-8-5-9-15(17)12-14)11-10-13-6-3-2-4-7-13/h2-9,12,18H,10-11H2,1H3. The molecule has 1 N–H and O–H groups in total. The first-order chi connectivity index (χ1) is 8.58. The Kier molecular flexibility index (Phi) is 3.78. The summed E-state index contributed by atoms with van der Waals surface area (Å²) >= 11 is 0. The van der Waals surface area contributed by atoms with E-state index in [4.69, 9.17) is 0 Å². The highest BCUT2D eigenvalue weighted by atomic mass is 19.1. The molecule has 0 saturated heterocycles. The first kappa shape index (κ1) is 12.8. The van der Waals surface area contributed by atoms with Crippen LogP contribution >= 0.6 is 0 Å². The molecule has 2 aromatic carbocycles. The zero-order valence-corrected chi connectivity index (χ0v) is 10.4. The number of aryl methyl sites for hydroxylation is 1. The van der Waals surface area contributed by atoms with Crippen molar-refractivity contribution in [1.29, 1.82) is 0 Å². The fourth-order valence-electron chi connectivity index (χ4n) is 2.00. The molecule has 0 aliphatic carbocycles. The van der Waals surface area contributed by atoms with Crippen LogP contribution in [0.5, 0.6) is 0 Å². The van der Waals surface area contributed by atoms with E-state index in [9.17, 15) is 9.50 Å². The smallest absolute Gasteiger partial charge is 0.123 e. The van der Waals surface area contributed by atoms with Gasteiger partial charge in [0.15, 0.2) is 0 Å². The summed E-state index contributed by atoms with van der Waals surface area (Å²) in [5.74, 6) is -0.313. The molecule has 0 spiro atoms. The van der Waals surface area contributed by atoms with Crippen molar-refractivity contribution < 1.29 is 9.50 Å². The number of benzene rings is 2. The number of rotatable bonds is 4. The van der Waals surface area contributed by atoms with Crippen LogP contribution in [0.2, 0.25) is 0 Å². The minimum absolute atomic E-state index is 0.313. The SMILES string of the molecule is CC(O)(CCc1ccccc1)c1cccc(F)c1. The molecule has 0 aliphatic heterocycles. The van der Waals surface area contributed by atoms with E-state index < -0.39 is 5.60 Å². The molecular weight excluding hydrogens is 227 g/mol. The van der Waals surface area contributed by atoms with Gasteiger partial charge in [-0.1, -0.05) is 42.5 Å². The molecule has 0 fully saturated rings. The second kappa shape index (κ2) is 5.32. The lowest BCUT2D eigenvalue weighted by molar-refractivity contribution is 0.0477. The molecule has 1 atom stereocenters. The molecule has 0 aromatic heterocycles. The van der Waals surface area contributed by atoms with Crippen molar-refractivity contribution in [3.05, 3.63) is 71.5 Å². The predicted molar refractivity (Wildman–Crippen MR) is 70.7 cm³/mol. The Balaban J connectivity index is 2.08. The van der Waals surface area contributed by atoms with Crippen LogP contribution < -0.4 is 0 Å². The monoisotopic (exact) mass is 244 g/mol. The van der Waals surface area contributed by atoms with E-state index in [2.05, 4.69) is 0 Å². The Hall–Kier alpha value is -1.67. The van der Waals surface area contributed by atoms with Gasteiger partial charge in [-0.05, 0) is 43.0 Å². The van der Waals surface area contributed by atoms with Crippen molar-refractivity contribution in [3.8, 4) is 0 Å². The average molecular weight is 244 g/mol. The lowest BCUT2D eigenvalue weighted by Gasteiger charge is -2.24. The Labute approximate surface area is 107 Å². The molecule has 2 heteroatoms. The van der Waals surface area contributed by atoms with Crippen LogP contribution in [0.3, 0.4) is 0 Å². The summed E-state index contributed by atoms with van der Waals surface area (Å²) in [7, 11) is 0. The molecule has 0 bridgehead atoms. The maximum absolute atomic E-state index is 13.1. The molecule has 18 heavy (non-hydrogen) atoms. The van der Waals surface area contributed by atoms with Gasteiger partial charge in [-0.2, -0.15) is 0 Å². The molecular formula is C16H17FO. The molecule has 0 radical (unpaired) electrons. The highest BCUT2D eigenvalue weighted by Gasteiger charge is 2.22. The van der Waals surface area contributed by atoms with Crippen LogP contribution in [-0.4, -0.2) is 5.11 Å². The fourth-order valence-corrected chi connectivity index (χ4v) is 2.00. The van der Waals surface area contributed by atoms with E-state index >= 15 is 0 Å². The second-order valence-electron chi connectivity index (χ2n) is 4.77. The summed E-state index contributed by atoms with van der Waals surface area (Å²) in [4.78, 5) is 0. The fraction of sp³-hybridized carbons (Fsp3) is 0.250. The van der Waals surface area contributed by atoms with E-state index in [0.717, 1.165) is 6.42 Å². The number of halogens is 1. The highest BCUT2D eigenvalue weighted by molar-refractivity contribution is 5.23. The molecule has 0 heterocycles. The Morgan fingerprint density at radius 2 is 1.78 bits per heavy atom. The molecule has 1 nitrogen and oxygen atoms in total. The first-order valence-electron chi connectivity index (χ1n) is 6.10. The van der Waals surface area contributed by atoms with E-state index in [-0.39, 0.29) is 5.82 Å². The van der Waals surface area contributed by atoms with E-state index in [1.807, 2.05) is 30.3 Å². The normalized spacial score (nSPS) is 14.2. The molecule has 1 unspecified atom stereocenters. The van der Waals surface area contributed by atoms with Gasteiger partial charge in [0.05, 0.1) is 5.60 Å². The second-order valence-corrected chi connectivity index (χ2v) is 4.77. The van der Waals surface area contributed by atoms with Crippen molar-refractivity contribution >= 4 is 0 Å². The maximum atomic E-state index is 13.1. The van der Waals surface area contributed by atoms with Crippen LogP contribution in [-0.2, 0) is 12.0 Å². The van der Waals surface area contributed by atoms with Crippen molar-refractivity contribution in [3.63, 3.8) is 0 Å². The van der Waals surface area contributed by atoms with Crippen LogP contribution in [0, 0.1) is 5.82 Å². The van der Waals surface area contributed by atoms with Crippen LogP contribution in [0.25, 0.3) is 0 Å². The van der Waals surface area contributed by atoms with Gasteiger partial charge in [-0.15, -0.1) is 0 Å². The first-order valence-corrected chi connectivity index (χ1v) is 6.10. The Morgan fingerprint density at radius 3 is 2.44 bits per heavy atom. The summed E-state index contributed by atoms with van der Waals surface area (Å²) in [6.45, 7) is 1.73. The minimum atomic E-state index is -1.00. The van der Waals surface area contributed by atoms with Crippen molar-refractivity contribution in [2.24, 2.45) is 0 Å². The van der Waals surface area contributed by atoms with Gasteiger partial charge >= 0.3 is 0 Å².